The molecule has 1 aromatic heterocycles. The Morgan fingerprint density at radius 3 is 2.78 bits per heavy atom. The number of anilines is 1. The second kappa shape index (κ2) is 6.79. The van der Waals surface area contributed by atoms with Crippen molar-refractivity contribution in [3.63, 3.8) is 0 Å². The number of rotatable bonds is 3. The van der Waals surface area contributed by atoms with E-state index in [0.717, 1.165) is 24.3 Å². The molecule has 5 nitrogen and oxygen atoms in total. The van der Waals surface area contributed by atoms with Crippen molar-refractivity contribution >= 4 is 11.7 Å². The molecule has 1 aliphatic heterocycles. The highest BCUT2D eigenvalue weighted by Crippen LogP contribution is 2.30. The van der Waals surface area contributed by atoms with E-state index in [-0.39, 0.29) is 18.1 Å². The van der Waals surface area contributed by atoms with Crippen LogP contribution in [0.4, 0.5) is 10.5 Å². The van der Waals surface area contributed by atoms with Crippen molar-refractivity contribution in [2.75, 3.05) is 18.9 Å². The largest absolute Gasteiger partial charge is 0.333 e. The smallest absolute Gasteiger partial charge is 0.319 e. The Kier molecular flexibility index (Phi) is 4.57. The number of amides is 2. The molecule has 2 N–H and O–H groups in total. The number of carbonyl (C=O) groups is 1. The second-order valence-corrected chi connectivity index (χ2v) is 6.02. The molecule has 0 saturated carbocycles. The van der Waals surface area contributed by atoms with Gasteiger partial charge < -0.3 is 10.6 Å². The molecular formula is C18H22N4O. The summed E-state index contributed by atoms with van der Waals surface area (Å²) in [5.74, 6) is 0. The topological polar surface area (TPSA) is 57.3 Å². The van der Waals surface area contributed by atoms with Gasteiger partial charge in [0.05, 0.1) is 12.1 Å². The number of pyridine rings is 1. The van der Waals surface area contributed by atoms with Gasteiger partial charge in [0.2, 0.25) is 0 Å². The van der Waals surface area contributed by atoms with E-state index in [1.165, 1.54) is 5.56 Å². The van der Waals surface area contributed by atoms with Crippen LogP contribution >= 0.6 is 0 Å². The maximum atomic E-state index is 12.3. The van der Waals surface area contributed by atoms with Crippen molar-refractivity contribution in [1.82, 2.24) is 15.2 Å². The summed E-state index contributed by atoms with van der Waals surface area (Å²) in [6.07, 6.45) is 2.64. The molecule has 2 amide bonds. The van der Waals surface area contributed by atoms with Gasteiger partial charge in [-0.3, -0.25) is 9.88 Å². The minimum Gasteiger partial charge on any atom is -0.333 e. The van der Waals surface area contributed by atoms with Crippen molar-refractivity contribution in [3.05, 3.63) is 59.9 Å². The molecule has 23 heavy (non-hydrogen) atoms. The summed E-state index contributed by atoms with van der Waals surface area (Å²) in [4.78, 5) is 18.7. The predicted octanol–water partition coefficient (Wildman–Crippen LogP) is 2.96. The Hall–Kier alpha value is -2.40. The number of aryl methyl sites for hydroxylation is 1. The average molecular weight is 310 g/mol. The molecule has 1 aliphatic rings. The van der Waals surface area contributed by atoms with Crippen LogP contribution in [0.5, 0.6) is 0 Å². The van der Waals surface area contributed by atoms with Crippen LogP contribution in [0.15, 0.2) is 48.7 Å². The minimum absolute atomic E-state index is 0.102. The molecule has 2 heterocycles. The lowest BCUT2D eigenvalue weighted by Gasteiger charge is -2.26. The zero-order chi connectivity index (χ0) is 16.2. The fraction of sp³-hybridized carbons (Fsp3) is 0.333. The quantitative estimate of drug-likeness (QED) is 0.916. The Bertz CT molecular complexity index is 674. The van der Waals surface area contributed by atoms with E-state index >= 15 is 0 Å². The number of urea groups is 1. The van der Waals surface area contributed by atoms with E-state index < -0.39 is 0 Å². The summed E-state index contributed by atoms with van der Waals surface area (Å²) in [6, 6.07) is 14.1. The van der Waals surface area contributed by atoms with Crippen LogP contribution in [-0.4, -0.2) is 35.5 Å². The van der Waals surface area contributed by atoms with Gasteiger partial charge in [0.15, 0.2) is 0 Å². The first-order valence-corrected chi connectivity index (χ1v) is 7.89. The molecule has 0 aliphatic carbocycles. The van der Waals surface area contributed by atoms with Gasteiger partial charge in [-0.15, -0.1) is 0 Å². The van der Waals surface area contributed by atoms with Crippen molar-refractivity contribution in [2.24, 2.45) is 0 Å². The Labute approximate surface area is 136 Å². The monoisotopic (exact) mass is 310 g/mol. The lowest BCUT2D eigenvalue weighted by Crippen LogP contribution is -2.41. The number of carbonyl (C=O) groups excluding carboxylic acids is 1. The van der Waals surface area contributed by atoms with Gasteiger partial charge in [-0.05, 0) is 38.1 Å². The van der Waals surface area contributed by atoms with Crippen LogP contribution in [-0.2, 0) is 0 Å². The van der Waals surface area contributed by atoms with Crippen LogP contribution in [0.25, 0.3) is 0 Å². The lowest BCUT2D eigenvalue weighted by atomic mass is 10.0. The van der Waals surface area contributed by atoms with Gasteiger partial charge in [0.1, 0.15) is 0 Å². The highest BCUT2D eigenvalue weighted by molar-refractivity contribution is 5.89. The number of nitrogens with one attached hydrogen (secondary N) is 2. The predicted molar refractivity (Wildman–Crippen MR) is 91.3 cm³/mol. The second-order valence-electron chi connectivity index (χ2n) is 6.02. The van der Waals surface area contributed by atoms with E-state index in [2.05, 4.69) is 39.7 Å². The maximum Gasteiger partial charge on any atom is 0.319 e. The van der Waals surface area contributed by atoms with Crippen molar-refractivity contribution in [1.29, 1.82) is 0 Å². The summed E-state index contributed by atoms with van der Waals surface area (Å²) < 4.78 is 0. The molecular weight excluding hydrogens is 288 g/mol. The van der Waals surface area contributed by atoms with Crippen LogP contribution < -0.4 is 10.6 Å². The van der Waals surface area contributed by atoms with Gasteiger partial charge in [0.25, 0.3) is 0 Å². The number of hydrogen-bond acceptors (Lipinski definition) is 3. The molecule has 2 aromatic rings. The van der Waals surface area contributed by atoms with Crippen LogP contribution in [0.2, 0.25) is 0 Å². The fourth-order valence-electron chi connectivity index (χ4n) is 3.19. The number of benzene rings is 1. The van der Waals surface area contributed by atoms with Crippen molar-refractivity contribution in [3.8, 4) is 0 Å². The number of aromatic nitrogens is 1. The normalized spacial score (nSPS) is 21.1. The summed E-state index contributed by atoms with van der Waals surface area (Å²) in [5.41, 5.74) is 2.88. The molecule has 0 bridgehead atoms. The highest BCUT2D eigenvalue weighted by Gasteiger charge is 2.33. The molecule has 0 radical (unpaired) electrons. The molecule has 2 unspecified atom stereocenters. The van der Waals surface area contributed by atoms with Crippen LogP contribution in [0.3, 0.4) is 0 Å². The molecule has 5 heteroatoms. The van der Waals surface area contributed by atoms with E-state index in [1.807, 2.05) is 31.2 Å². The van der Waals surface area contributed by atoms with Gasteiger partial charge in [-0.2, -0.15) is 0 Å². The molecule has 1 saturated heterocycles. The SMILES string of the molecule is Cc1cc(NC(=O)NC2CCN(C)C2c2ccccc2)ccn1. The zero-order valence-corrected chi connectivity index (χ0v) is 13.5. The standard InChI is InChI=1S/C18H22N4O/c1-13-12-15(8-10-19-13)20-18(23)21-16-9-11-22(2)17(16)14-6-4-3-5-7-14/h3-8,10,12,16-17H,9,11H2,1-2H3,(H2,19,20,21,23). The summed E-state index contributed by atoms with van der Waals surface area (Å²) in [5, 5.41) is 6.00. The van der Waals surface area contributed by atoms with E-state index in [4.69, 9.17) is 0 Å². The van der Waals surface area contributed by atoms with Crippen molar-refractivity contribution < 1.29 is 4.79 Å². The molecule has 1 fully saturated rings. The Balaban J connectivity index is 1.67. The molecule has 2 atom stereocenters. The lowest BCUT2D eigenvalue weighted by molar-refractivity contribution is 0.240. The van der Waals surface area contributed by atoms with Gasteiger partial charge in [0, 0.05) is 24.1 Å². The minimum atomic E-state index is -0.170. The van der Waals surface area contributed by atoms with E-state index in [9.17, 15) is 4.79 Å². The maximum absolute atomic E-state index is 12.3. The summed E-state index contributed by atoms with van der Waals surface area (Å²) in [6.45, 7) is 2.87. The van der Waals surface area contributed by atoms with Gasteiger partial charge >= 0.3 is 6.03 Å². The number of likely N-dealkylation sites (tertiary alicyclic amines) is 1. The third-order valence-corrected chi connectivity index (χ3v) is 4.26. The molecule has 1 aromatic carbocycles. The third-order valence-electron chi connectivity index (χ3n) is 4.26. The van der Waals surface area contributed by atoms with Crippen molar-refractivity contribution in [2.45, 2.75) is 25.4 Å². The zero-order valence-electron chi connectivity index (χ0n) is 13.5. The fourth-order valence-corrected chi connectivity index (χ4v) is 3.19. The van der Waals surface area contributed by atoms with E-state index in [1.54, 1.807) is 12.3 Å². The first kappa shape index (κ1) is 15.5. The summed E-state index contributed by atoms with van der Waals surface area (Å²) >= 11 is 0. The van der Waals surface area contributed by atoms with Gasteiger partial charge in [-0.25, -0.2) is 4.79 Å². The van der Waals surface area contributed by atoms with E-state index in [0.29, 0.717) is 0 Å². The molecule has 120 valence electrons. The highest BCUT2D eigenvalue weighted by atomic mass is 16.2. The Morgan fingerprint density at radius 1 is 1.26 bits per heavy atom. The number of hydrogen-bond donors (Lipinski definition) is 2. The molecule has 3 rings (SSSR count). The first-order chi connectivity index (χ1) is 11.1. The third kappa shape index (κ3) is 3.68. The molecule has 0 spiro atoms. The first-order valence-electron chi connectivity index (χ1n) is 7.89. The van der Waals surface area contributed by atoms with Crippen LogP contribution in [0, 0.1) is 6.92 Å². The van der Waals surface area contributed by atoms with Crippen LogP contribution in [0.1, 0.15) is 23.7 Å². The number of likely N-dealkylation sites (N-methyl/N-ethyl adjacent to an activating group) is 1. The average Bonchev–Trinajstić information content (AvgIpc) is 2.88. The summed E-state index contributed by atoms with van der Waals surface area (Å²) in [7, 11) is 2.10. The Morgan fingerprint density at radius 2 is 2.04 bits per heavy atom. The van der Waals surface area contributed by atoms with Gasteiger partial charge in [-0.1, -0.05) is 30.3 Å². The number of nitrogens with zero attached hydrogens (tertiary/aromatic N) is 2.